The molecule has 1 saturated carbocycles. The third kappa shape index (κ3) is 5.14. The second kappa shape index (κ2) is 9.51. The highest BCUT2D eigenvalue weighted by molar-refractivity contribution is 5.81. The van der Waals surface area contributed by atoms with Gasteiger partial charge in [-0.1, -0.05) is 30.3 Å². The number of carbonyl (C=O) groups is 1. The van der Waals surface area contributed by atoms with Crippen molar-refractivity contribution in [1.82, 2.24) is 4.57 Å². The van der Waals surface area contributed by atoms with E-state index in [1.54, 1.807) is 30.3 Å². The van der Waals surface area contributed by atoms with Crippen LogP contribution in [0.4, 0.5) is 8.78 Å². The molecule has 29 heavy (non-hydrogen) atoms. The van der Waals surface area contributed by atoms with Crippen molar-refractivity contribution < 1.29 is 52.0 Å². The number of aliphatic hydroxyl groups is 1. The fraction of sp³-hybridized carbons (Fsp3) is 0.524. The molecule has 0 bridgehead atoms. The molecule has 0 aliphatic heterocycles. The molecule has 1 N–H and O–H groups in total. The summed E-state index contributed by atoms with van der Waals surface area (Å²) in [6.07, 6.45) is 3.63. The van der Waals surface area contributed by atoms with Crippen LogP contribution in [-0.4, -0.2) is 28.2 Å². The van der Waals surface area contributed by atoms with Gasteiger partial charge in [-0.15, -0.1) is 0 Å². The fourth-order valence-corrected chi connectivity index (χ4v) is 3.92. The first-order valence-electron chi connectivity index (χ1n) is 9.58. The van der Waals surface area contributed by atoms with Gasteiger partial charge in [0.1, 0.15) is 25.5 Å². The van der Waals surface area contributed by atoms with Crippen molar-refractivity contribution in [3.63, 3.8) is 0 Å². The third-order valence-electron chi connectivity index (χ3n) is 5.72. The van der Waals surface area contributed by atoms with E-state index in [1.165, 1.54) is 0 Å². The molecule has 3 rings (SSSR count). The highest BCUT2D eigenvalue weighted by Gasteiger charge is 2.52. The topological polar surface area (TPSA) is 55.3 Å². The largest absolute Gasteiger partial charge is 1.00 e. The molecule has 0 saturated heterocycles. The van der Waals surface area contributed by atoms with Gasteiger partial charge in [-0.3, -0.25) is 0 Å². The van der Waals surface area contributed by atoms with Crippen molar-refractivity contribution in [2.75, 3.05) is 6.61 Å². The molecule has 1 fully saturated rings. The lowest BCUT2D eigenvalue weighted by Gasteiger charge is -2.39. The number of benzene rings is 1. The molecule has 160 valence electrons. The van der Waals surface area contributed by atoms with E-state index in [1.807, 2.05) is 35.5 Å². The van der Waals surface area contributed by atoms with E-state index in [9.17, 15) is 18.7 Å². The van der Waals surface area contributed by atoms with Crippen LogP contribution in [0.5, 0.6) is 0 Å². The van der Waals surface area contributed by atoms with Crippen molar-refractivity contribution in [2.24, 2.45) is 13.0 Å². The first-order valence-corrected chi connectivity index (χ1v) is 9.58. The molecule has 2 atom stereocenters. The second-order valence-corrected chi connectivity index (χ2v) is 7.57. The summed E-state index contributed by atoms with van der Waals surface area (Å²) in [5.74, 6) is -3.66. The number of esters is 1. The van der Waals surface area contributed by atoms with Gasteiger partial charge in [-0.2, -0.15) is 0 Å². The average molecular weight is 520 g/mol. The lowest BCUT2D eigenvalue weighted by atomic mass is 9.72. The summed E-state index contributed by atoms with van der Waals surface area (Å²) in [7, 11) is 1.91. The molecular weight excluding hydrogens is 493 g/mol. The Bertz CT molecular complexity index is 829. The highest BCUT2D eigenvalue weighted by Crippen LogP contribution is 2.45. The normalized spacial score (nSPS) is 20.4. The number of aryl methyl sites for hydroxylation is 1. The second-order valence-electron chi connectivity index (χ2n) is 7.57. The zero-order valence-electron chi connectivity index (χ0n) is 16.7. The molecule has 1 aromatic carbocycles. The molecule has 0 spiro atoms. The monoisotopic (exact) mass is 520 g/mol. The lowest BCUT2D eigenvalue weighted by Crippen LogP contribution is -3.00. The number of imidazole rings is 1. The number of hydrogen-bond acceptors (Lipinski definition) is 3. The lowest BCUT2D eigenvalue weighted by molar-refractivity contribution is -0.677. The summed E-state index contributed by atoms with van der Waals surface area (Å²) in [5, 5.41) is 11.3. The van der Waals surface area contributed by atoms with Gasteiger partial charge in [-0.25, -0.2) is 22.7 Å². The Morgan fingerprint density at radius 2 is 2.07 bits per heavy atom. The molecule has 1 aliphatic rings. The van der Waals surface area contributed by atoms with Gasteiger partial charge >= 0.3 is 5.97 Å². The van der Waals surface area contributed by atoms with Crippen molar-refractivity contribution >= 4 is 5.97 Å². The zero-order valence-corrected chi connectivity index (χ0v) is 18.8. The molecule has 5 nitrogen and oxygen atoms in total. The fourth-order valence-electron chi connectivity index (χ4n) is 3.92. The SMILES string of the molecule is Cc1n(CCOC(=O)[C@](O)(c2ccccc2)[C@@H]2CCCC(F)(F)C2)cc[n+]1C.[I-]. The third-order valence-corrected chi connectivity index (χ3v) is 5.72. The Labute approximate surface area is 186 Å². The van der Waals surface area contributed by atoms with Gasteiger partial charge in [0.25, 0.3) is 5.82 Å². The van der Waals surface area contributed by atoms with E-state index >= 15 is 0 Å². The van der Waals surface area contributed by atoms with Crippen LogP contribution in [0.25, 0.3) is 0 Å². The molecule has 8 heteroatoms. The number of hydrogen-bond donors (Lipinski definition) is 1. The van der Waals surface area contributed by atoms with E-state index < -0.39 is 29.8 Å². The minimum Gasteiger partial charge on any atom is -1.00 e. The van der Waals surface area contributed by atoms with Gasteiger partial charge in [0, 0.05) is 25.7 Å². The van der Waals surface area contributed by atoms with Gasteiger partial charge in [0.2, 0.25) is 5.92 Å². The van der Waals surface area contributed by atoms with E-state index in [0.717, 1.165) is 5.82 Å². The standard InChI is InChI=1S/C21H27F2N2O3.HI/c1-16-24(2)11-12-25(16)13-14-28-19(26)21(27,17-7-4-3-5-8-17)18-9-6-10-20(22,23)15-18;/h3-5,7-8,11-12,18,27H,6,9-10,13-15H2,1-2H3;1H/q+1;/p-1/t18-,21+;/m1./s1. The van der Waals surface area contributed by atoms with Crippen LogP contribution in [0.2, 0.25) is 0 Å². The zero-order chi connectivity index (χ0) is 20.4. The van der Waals surface area contributed by atoms with E-state index in [-0.39, 0.29) is 43.4 Å². The summed E-state index contributed by atoms with van der Waals surface area (Å²) >= 11 is 0. The molecule has 2 aromatic rings. The van der Waals surface area contributed by atoms with Crippen LogP contribution in [0.3, 0.4) is 0 Å². The molecule has 0 unspecified atom stereocenters. The summed E-state index contributed by atoms with van der Waals surface area (Å²) in [6, 6.07) is 8.28. The van der Waals surface area contributed by atoms with Crippen molar-refractivity contribution in [2.45, 2.75) is 50.7 Å². The molecule has 1 aliphatic carbocycles. The first kappa shape index (κ1) is 23.7. The predicted octanol–water partition coefficient (Wildman–Crippen LogP) is -0.118. The summed E-state index contributed by atoms with van der Waals surface area (Å²) in [4.78, 5) is 12.9. The van der Waals surface area contributed by atoms with Gasteiger partial charge in [0.05, 0.1) is 7.05 Å². The van der Waals surface area contributed by atoms with Gasteiger partial charge in [0.15, 0.2) is 5.60 Å². The maximum atomic E-state index is 14.0. The maximum Gasteiger partial charge on any atom is 0.343 e. The predicted molar refractivity (Wildman–Crippen MR) is 98.5 cm³/mol. The number of halogens is 3. The number of ether oxygens (including phenoxy) is 1. The first-order chi connectivity index (χ1) is 13.2. The molecule has 1 heterocycles. The molecule has 1 aromatic heterocycles. The van der Waals surface area contributed by atoms with Gasteiger partial charge in [-0.05, 0) is 18.4 Å². The average Bonchev–Trinajstić information content (AvgIpc) is 2.99. The minimum atomic E-state index is -2.89. The minimum absolute atomic E-state index is 0. The quantitative estimate of drug-likeness (QED) is 0.329. The summed E-state index contributed by atoms with van der Waals surface area (Å²) in [5.41, 5.74) is -1.78. The van der Waals surface area contributed by atoms with Crippen LogP contribution in [0.1, 0.15) is 37.1 Å². The number of rotatable bonds is 6. The van der Waals surface area contributed by atoms with Crippen LogP contribution in [0.15, 0.2) is 42.7 Å². The molecule has 0 amide bonds. The van der Waals surface area contributed by atoms with E-state index in [0.29, 0.717) is 18.5 Å². The van der Waals surface area contributed by atoms with E-state index in [2.05, 4.69) is 0 Å². The summed E-state index contributed by atoms with van der Waals surface area (Å²) < 4.78 is 37.3. The number of nitrogens with zero attached hydrogens (tertiary/aromatic N) is 2. The number of alkyl halides is 2. The van der Waals surface area contributed by atoms with Crippen LogP contribution in [0, 0.1) is 12.8 Å². The Morgan fingerprint density at radius 3 is 2.66 bits per heavy atom. The Morgan fingerprint density at radius 1 is 1.38 bits per heavy atom. The molecule has 0 radical (unpaired) electrons. The number of carbonyl (C=O) groups excluding carboxylic acids is 1. The maximum absolute atomic E-state index is 14.0. The molecular formula is C21H27F2IN2O3. The Balaban J connectivity index is 0.00000300. The van der Waals surface area contributed by atoms with Crippen LogP contribution in [-0.2, 0) is 28.7 Å². The van der Waals surface area contributed by atoms with Crippen molar-refractivity contribution in [1.29, 1.82) is 0 Å². The Kier molecular flexibility index (Phi) is 7.78. The van der Waals surface area contributed by atoms with Crippen LogP contribution >= 0.6 is 0 Å². The summed E-state index contributed by atoms with van der Waals surface area (Å²) in [6.45, 7) is 2.41. The van der Waals surface area contributed by atoms with Crippen molar-refractivity contribution in [3.05, 3.63) is 54.1 Å². The smallest absolute Gasteiger partial charge is 0.343 e. The Hall–Kier alpha value is -1.55. The van der Waals surface area contributed by atoms with Gasteiger partial charge < -0.3 is 33.8 Å². The highest BCUT2D eigenvalue weighted by atomic mass is 127. The van der Waals surface area contributed by atoms with E-state index in [4.69, 9.17) is 4.74 Å². The number of aromatic nitrogens is 2. The van der Waals surface area contributed by atoms with Crippen molar-refractivity contribution in [3.8, 4) is 0 Å². The van der Waals surface area contributed by atoms with Crippen LogP contribution < -0.4 is 28.5 Å².